The largest absolute Gasteiger partial charge is 0.478 e. The fourth-order valence-electron chi connectivity index (χ4n) is 3.99. The molecule has 1 fully saturated rings. The lowest BCUT2D eigenvalue weighted by Gasteiger charge is -2.39. The highest BCUT2D eigenvalue weighted by Crippen LogP contribution is 2.43. The lowest BCUT2D eigenvalue weighted by Crippen LogP contribution is -2.47. The molecule has 0 saturated carbocycles. The third-order valence-electron chi connectivity index (χ3n) is 5.54. The molecule has 0 spiro atoms. The van der Waals surface area contributed by atoms with Gasteiger partial charge in [0.05, 0.1) is 0 Å². The average molecular weight is 487 g/mol. The van der Waals surface area contributed by atoms with Crippen molar-refractivity contribution in [3.05, 3.63) is 83.4 Å². The third kappa shape index (κ3) is 7.20. The normalized spacial score (nSPS) is 18.4. The summed E-state index contributed by atoms with van der Waals surface area (Å²) in [5.74, 6) is -2.51. The van der Waals surface area contributed by atoms with Crippen LogP contribution in [0.4, 0.5) is 0 Å². The maximum Gasteiger partial charge on any atom is 0.328 e. The van der Waals surface area contributed by atoms with Gasteiger partial charge in [-0.3, -0.25) is 9.80 Å². The van der Waals surface area contributed by atoms with Gasteiger partial charge in [-0.15, -0.1) is 6.58 Å². The number of nitrogens with zero attached hydrogens (tertiary/aromatic N) is 2. The molecule has 2 aromatic rings. The highest BCUT2D eigenvalue weighted by Gasteiger charge is 2.29. The van der Waals surface area contributed by atoms with E-state index in [0.717, 1.165) is 44.2 Å². The van der Waals surface area contributed by atoms with Crippen LogP contribution in [0.1, 0.15) is 17.2 Å². The summed E-state index contributed by atoms with van der Waals surface area (Å²) in [6.07, 6.45) is 4.17. The number of hydrogen-bond donors (Lipinski definition) is 2. The van der Waals surface area contributed by atoms with Crippen LogP contribution < -0.4 is 0 Å². The number of halogens is 1. The Morgan fingerprint density at radius 2 is 1.70 bits per heavy atom. The fourth-order valence-corrected chi connectivity index (χ4v) is 5.29. The summed E-state index contributed by atoms with van der Waals surface area (Å²) in [7, 11) is 0. The molecule has 0 bridgehead atoms. The number of fused-ring (bicyclic) bond motifs is 2. The summed E-state index contributed by atoms with van der Waals surface area (Å²) in [6, 6.07) is 15.6. The number of rotatable bonds is 5. The van der Waals surface area contributed by atoms with E-state index in [1.54, 1.807) is 0 Å². The van der Waals surface area contributed by atoms with Crippen molar-refractivity contribution in [1.82, 2.24) is 9.80 Å². The molecule has 2 aromatic carbocycles. The molecule has 1 atom stereocenters. The molecule has 174 valence electrons. The van der Waals surface area contributed by atoms with Crippen LogP contribution in [0, 0.1) is 0 Å². The van der Waals surface area contributed by atoms with Crippen LogP contribution in [-0.2, 0) is 16.0 Å². The van der Waals surface area contributed by atoms with E-state index in [-0.39, 0.29) is 0 Å². The van der Waals surface area contributed by atoms with Crippen molar-refractivity contribution in [3.63, 3.8) is 0 Å². The molecular weight excluding hydrogens is 460 g/mol. The van der Waals surface area contributed by atoms with Crippen LogP contribution in [-0.4, -0.2) is 64.7 Å². The number of aliphatic carboxylic acids is 2. The standard InChI is InChI=1S/C21H23ClN2S.C4H4O4/c1-2-9-23-10-12-24(13-11-23)19-14-16-5-3-4-6-20(16)25-21-8-7-17(22)15-18(19)21;5-3(6)1-2-4(7)8/h2-8,15,19H,1,9-14H2;1-2H,(H,5,6)(H,7,8)/b;2-1+. The molecule has 1 unspecified atom stereocenters. The van der Waals surface area contributed by atoms with Gasteiger partial charge in [0.15, 0.2) is 0 Å². The van der Waals surface area contributed by atoms with Crippen LogP contribution >= 0.6 is 23.4 Å². The van der Waals surface area contributed by atoms with Crippen LogP contribution in [0.3, 0.4) is 0 Å². The zero-order chi connectivity index (χ0) is 23.8. The summed E-state index contributed by atoms with van der Waals surface area (Å²) in [5, 5.41) is 16.5. The second kappa shape index (κ2) is 12.0. The Morgan fingerprint density at radius 3 is 2.33 bits per heavy atom. The van der Waals surface area contributed by atoms with Gasteiger partial charge in [-0.2, -0.15) is 0 Å². The first-order chi connectivity index (χ1) is 15.9. The molecule has 0 aromatic heterocycles. The molecule has 2 aliphatic rings. The van der Waals surface area contributed by atoms with Gasteiger partial charge in [-0.1, -0.05) is 47.6 Å². The molecular formula is C25H27ClN2O4S. The first-order valence-electron chi connectivity index (χ1n) is 10.6. The van der Waals surface area contributed by atoms with Crippen LogP contribution in [0.25, 0.3) is 0 Å². The maximum absolute atomic E-state index is 9.55. The zero-order valence-electron chi connectivity index (χ0n) is 18.2. The zero-order valence-corrected chi connectivity index (χ0v) is 19.8. The van der Waals surface area contributed by atoms with Gasteiger partial charge < -0.3 is 10.2 Å². The molecule has 2 N–H and O–H groups in total. The van der Waals surface area contributed by atoms with E-state index in [2.05, 4.69) is 52.8 Å². The van der Waals surface area contributed by atoms with Gasteiger partial charge in [0.1, 0.15) is 0 Å². The predicted octanol–water partition coefficient (Wildman–Crippen LogP) is 4.60. The van der Waals surface area contributed by atoms with Gasteiger partial charge in [0.2, 0.25) is 0 Å². The number of hydrogen-bond acceptors (Lipinski definition) is 5. The van der Waals surface area contributed by atoms with E-state index in [1.807, 2.05) is 23.9 Å². The number of carboxylic acids is 2. The van der Waals surface area contributed by atoms with E-state index in [9.17, 15) is 9.59 Å². The minimum absolute atomic E-state index is 0.399. The second-order valence-electron chi connectivity index (χ2n) is 7.75. The van der Waals surface area contributed by atoms with Gasteiger partial charge in [-0.25, -0.2) is 9.59 Å². The summed E-state index contributed by atoms with van der Waals surface area (Å²) in [6.45, 7) is 9.25. The Balaban J connectivity index is 0.000000331. The van der Waals surface area contributed by atoms with Gasteiger partial charge in [0.25, 0.3) is 0 Å². The molecule has 2 heterocycles. The minimum Gasteiger partial charge on any atom is -0.478 e. The van der Waals surface area contributed by atoms with E-state index >= 15 is 0 Å². The summed E-state index contributed by atoms with van der Waals surface area (Å²) >= 11 is 8.24. The lowest BCUT2D eigenvalue weighted by atomic mass is 9.96. The van der Waals surface area contributed by atoms with Gasteiger partial charge >= 0.3 is 11.9 Å². The summed E-state index contributed by atoms with van der Waals surface area (Å²) in [5.41, 5.74) is 2.82. The van der Waals surface area contributed by atoms with Crippen molar-refractivity contribution in [2.45, 2.75) is 22.3 Å². The average Bonchev–Trinajstić information content (AvgIpc) is 2.95. The molecule has 2 aliphatic heterocycles. The molecule has 4 rings (SSSR count). The van der Waals surface area contributed by atoms with Crippen LogP contribution in [0.2, 0.25) is 5.02 Å². The van der Waals surface area contributed by atoms with Crippen molar-refractivity contribution in [2.24, 2.45) is 0 Å². The predicted molar refractivity (Wildman–Crippen MR) is 131 cm³/mol. The molecule has 0 radical (unpaired) electrons. The quantitative estimate of drug-likeness (QED) is 0.472. The Bertz CT molecular complexity index is 1020. The van der Waals surface area contributed by atoms with Gasteiger partial charge in [0, 0.05) is 65.7 Å². The number of carboxylic acid groups (broad SMARTS) is 2. The Morgan fingerprint density at radius 1 is 1.03 bits per heavy atom. The Hall–Kier alpha value is -2.58. The molecule has 1 saturated heterocycles. The minimum atomic E-state index is -1.26. The van der Waals surface area contributed by atoms with E-state index in [4.69, 9.17) is 21.8 Å². The highest BCUT2D eigenvalue weighted by molar-refractivity contribution is 7.99. The topological polar surface area (TPSA) is 81.1 Å². The summed E-state index contributed by atoms with van der Waals surface area (Å²) < 4.78 is 0. The number of carbonyl (C=O) groups is 2. The van der Waals surface area contributed by atoms with Gasteiger partial charge in [-0.05, 0) is 41.8 Å². The summed E-state index contributed by atoms with van der Waals surface area (Å²) in [4.78, 5) is 26.9. The van der Waals surface area contributed by atoms with Crippen molar-refractivity contribution < 1.29 is 19.8 Å². The first-order valence-corrected chi connectivity index (χ1v) is 11.8. The Labute approximate surface area is 203 Å². The maximum atomic E-state index is 9.55. The van der Waals surface area contributed by atoms with E-state index < -0.39 is 11.9 Å². The van der Waals surface area contributed by atoms with Crippen molar-refractivity contribution >= 4 is 35.3 Å². The van der Waals surface area contributed by atoms with Crippen molar-refractivity contribution in [3.8, 4) is 0 Å². The van der Waals surface area contributed by atoms with Crippen molar-refractivity contribution in [1.29, 1.82) is 0 Å². The monoisotopic (exact) mass is 486 g/mol. The molecule has 8 heteroatoms. The van der Waals surface area contributed by atoms with Crippen LogP contribution in [0.5, 0.6) is 0 Å². The molecule has 0 amide bonds. The van der Waals surface area contributed by atoms with Crippen LogP contribution in [0.15, 0.2) is 77.1 Å². The van der Waals surface area contributed by atoms with E-state index in [0.29, 0.717) is 18.2 Å². The number of benzene rings is 2. The molecule has 0 aliphatic carbocycles. The first kappa shape index (κ1) is 25.1. The van der Waals surface area contributed by atoms with Crippen molar-refractivity contribution in [2.75, 3.05) is 32.7 Å². The molecule has 33 heavy (non-hydrogen) atoms. The fraction of sp³-hybridized carbons (Fsp3) is 0.280. The smallest absolute Gasteiger partial charge is 0.328 e. The highest BCUT2D eigenvalue weighted by atomic mass is 35.5. The lowest BCUT2D eigenvalue weighted by molar-refractivity contribution is -0.134. The SMILES string of the molecule is C=CCN1CCN(C2Cc3ccccc3Sc3ccc(Cl)cc32)CC1.O=C(O)/C=C/C(=O)O. The Kier molecular flexibility index (Phi) is 9.14. The number of piperazine rings is 1. The van der Waals surface area contributed by atoms with E-state index in [1.165, 1.54) is 20.9 Å². The molecule has 6 nitrogen and oxygen atoms in total. The third-order valence-corrected chi connectivity index (χ3v) is 6.99. The second-order valence-corrected chi connectivity index (χ2v) is 9.27.